The second-order valence-electron chi connectivity index (χ2n) is 10.7. The van der Waals surface area contributed by atoms with E-state index in [0.717, 1.165) is 37.1 Å². The van der Waals surface area contributed by atoms with Gasteiger partial charge in [0.1, 0.15) is 16.6 Å². The van der Waals surface area contributed by atoms with Gasteiger partial charge in [0.05, 0.1) is 35.0 Å². The van der Waals surface area contributed by atoms with Crippen LogP contribution in [-0.2, 0) is 11.3 Å². The molecule has 10 heteroatoms. The third-order valence-corrected chi connectivity index (χ3v) is 8.05. The van der Waals surface area contributed by atoms with Crippen molar-refractivity contribution in [2.75, 3.05) is 23.3 Å². The molecule has 1 fully saturated rings. The first-order chi connectivity index (χ1) is 19.2. The maximum Gasteiger partial charge on any atom is 0.494 e. The SMILES string of the molecule is Cc1cc(C(C)Nc2ccc(Cl)nc2-c2cc(F)c3c(c2)COB3O)c2oc(N3CCCCC3)c(C)c(=O)c2c1. The number of benzene rings is 2. The number of anilines is 2. The van der Waals surface area contributed by atoms with E-state index < -0.39 is 12.9 Å². The van der Waals surface area contributed by atoms with Crippen LogP contribution < -0.4 is 21.1 Å². The van der Waals surface area contributed by atoms with Crippen molar-refractivity contribution in [3.05, 3.63) is 79.8 Å². The molecular formula is C30H30BClFN3O4. The van der Waals surface area contributed by atoms with Crippen LogP contribution in [0.1, 0.15) is 54.5 Å². The van der Waals surface area contributed by atoms with Crippen molar-refractivity contribution in [3.8, 4) is 11.3 Å². The van der Waals surface area contributed by atoms with Gasteiger partial charge in [0.15, 0.2) is 5.43 Å². The van der Waals surface area contributed by atoms with E-state index in [4.69, 9.17) is 20.7 Å². The number of rotatable bonds is 5. The van der Waals surface area contributed by atoms with Gasteiger partial charge in [-0.25, -0.2) is 9.37 Å². The number of pyridine rings is 1. The number of nitrogens with one attached hydrogen (secondary N) is 1. The molecule has 6 rings (SSSR count). The molecule has 0 aliphatic carbocycles. The Morgan fingerprint density at radius 2 is 1.93 bits per heavy atom. The first-order valence-corrected chi connectivity index (χ1v) is 14.0. The summed E-state index contributed by atoms with van der Waals surface area (Å²) in [6.07, 6.45) is 3.32. The summed E-state index contributed by atoms with van der Waals surface area (Å²) in [5.41, 5.74) is 5.26. The summed E-state index contributed by atoms with van der Waals surface area (Å²) in [6, 6.07) is 10.2. The van der Waals surface area contributed by atoms with E-state index in [1.165, 1.54) is 12.5 Å². The van der Waals surface area contributed by atoms with Gasteiger partial charge in [-0.15, -0.1) is 0 Å². The van der Waals surface area contributed by atoms with Crippen LogP contribution in [0.25, 0.3) is 22.2 Å². The summed E-state index contributed by atoms with van der Waals surface area (Å²) in [4.78, 5) is 20.2. The van der Waals surface area contributed by atoms with Crippen molar-refractivity contribution < 1.29 is 18.5 Å². The first-order valence-electron chi connectivity index (χ1n) is 13.6. The Hall–Kier alpha value is -3.40. The minimum absolute atomic E-state index is 0.0224. The number of hydrogen-bond acceptors (Lipinski definition) is 7. The van der Waals surface area contributed by atoms with Crippen LogP contribution in [0.15, 0.2) is 45.6 Å². The normalized spacial score (nSPS) is 15.9. The smallest absolute Gasteiger partial charge is 0.440 e. The molecule has 4 heterocycles. The van der Waals surface area contributed by atoms with Crippen LogP contribution >= 0.6 is 11.6 Å². The van der Waals surface area contributed by atoms with Gasteiger partial charge in [-0.3, -0.25) is 4.79 Å². The number of halogens is 2. The van der Waals surface area contributed by atoms with Crippen molar-refractivity contribution in [1.29, 1.82) is 0 Å². The monoisotopic (exact) mass is 561 g/mol. The molecule has 40 heavy (non-hydrogen) atoms. The highest BCUT2D eigenvalue weighted by molar-refractivity contribution is 6.61. The highest BCUT2D eigenvalue weighted by Gasteiger charge is 2.32. The Balaban J connectivity index is 1.43. The fraction of sp³-hybridized carbons (Fsp3) is 0.333. The van der Waals surface area contributed by atoms with Crippen LogP contribution in [-0.4, -0.2) is 30.2 Å². The molecule has 7 nitrogen and oxygen atoms in total. The Morgan fingerprint density at radius 1 is 1.15 bits per heavy atom. The largest absolute Gasteiger partial charge is 0.494 e. The van der Waals surface area contributed by atoms with Crippen LogP contribution in [0.2, 0.25) is 5.15 Å². The zero-order valence-electron chi connectivity index (χ0n) is 22.7. The number of piperidine rings is 1. The number of hydrogen-bond donors (Lipinski definition) is 2. The quantitative estimate of drug-likeness (QED) is 0.241. The third-order valence-electron chi connectivity index (χ3n) is 7.84. The molecule has 0 spiro atoms. The average Bonchev–Trinajstić information content (AvgIpc) is 3.32. The Kier molecular flexibility index (Phi) is 7.06. The fourth-order valence-electron chi connectivity index (χ4n) is 5.82. The molecule has 1 atom stereocenters. The molecular weight excluding hydrogens is 532 g/mol. The Bertz CT molecular complexity index is 1690. The maximum absolute atomic E-state index is 15.0. The second kappa shape index (κ2) is 10.5. The summed E-state index contributed by atoms with van der Waals surface area (Å²) in [7, 11) is -1.28. The molecule has 0 saturated carbocycles. The molecule has 2 N–H and O–H groups in total. The minimum Gasteiger partial charge on any atom is -0.440 e. The lowest BCUT2D eigenvalue weighted by molar-refractivity contribution is 0.275. The van der Waals surface area contributed by atoms with E-state index in [2.05, 4.69) is 15.2 Å². The predicted octanol–water partition coefficient (Wildman–Crippen LogP) is 5.65. The van der Waals surface area contributed by atoms with E-state index in [1.54, 1.807) is 18.2 Å². The lowest BCUT2D eigenvalue weighted by atomic mass is 9.78. The summed E-state index contributed by atoms with van der Waals surface area (Å²) >= 11 is 6.27. The lowest BCUT2D eigenvalue weighted by Gasteiger charge is -2.29. The molecule has 4 aromatic rings. The van der Waals surface area contributed by atoms with Gasteiger partial charge in [-0.2, -0.15) is 0 Å². The average molecular weight is 562 g/mol. The van der Waals surface area contributed by atoms with Gasteiger partial charge in [-0.1, -0.05) is 17.7 Å². The van der Waals surface area contributed by atoms with Crippen molar-refractivity contribution in [1.82, 2.24) is 4.98 Å². The molecule has 0 amide bonds. The van der Waals surface area contributed by atoms with Crippen molar-refractivity contribution in [3.63, 3.8) is 0 Å². The van der Waals surface area contributed by atoms with Crippen LogP contribution in [0, 0.1) is 19.7 Å². The summed E-state index contributed by atoms with van der Waals surface area (Å²) in [5.74, 6) is 0.0757. The fourth-order valence-corrected chi connectivity index (χ4v) is 5.97. The van der Waals surface area contributed by atoms with Crippen molar-refractivity contribution >= 4 is 46.7 Å². The van der Waals surface area contributed by atoms with E-state index in [-0.39, 0.29) is 28.7 Å². The summed E-state index contributed by atoms with van der Waals surface area (Å²) in [5, 5.41) is 14.3. The molecule has 206 valence electrons. The maximum atomic E-state index is 15.0. The van der Waals surface area contributed by atoms with Gasteiger partial charge < -0.3 is 24.3 Å². The molecule has 0 bridgehead atoms. The molecule has 2 aliphatic heterocycles. The summed E-state index contributed by atoms with van der Waals surface area (Å²) < 4.78 is 26.7. The van der Waals surface area contributed by atoms with E-state index in [0.29, 0.717) is 44.9 Å². The molecule has 2 aromatic carbocycles. The van der Waals surface area contributed by atoms with E-state index in [9.17, 15) is 14.2 Å². The van der Waals surface area contributed by atoms with Crippen molar-refractivity contribution in [2.24, 2.45) is 0 Å². The lowest BCUT2D eigenvalue weighted by Crippen LogP contribution is -2.31. The van der Waals surface area contributed by atoms with Crippen LogP contribution in [0.3, 0.4) is 0 Å². The second-order valence-corrected chi connectivity index (χ2v) is 11.1. The van der Waals surface area contributed by atoms with Gasteiger partial charge in [0.2, 0.25) is 5.88 Å². The topological polar surface area (TPSA) is 87.8 Å². The number of aryl methyl sites for hydroxylation is 1. The minimum atomic E-state index is -1.28. The predicted molar refractivity (Wildman–Crippen MR) is 157 cm³/mol. The molecule has 0 radical (unpaired) electrons. The zero-order chi connectivity index (χ0) is 28.1. The van der Waals surface area contributed by atoms with E-state index in [1.807, 2.05) is 32.9 Å². The number of fused-ring (bicyclic) bond motifs is 2. The van der Waals surface area contributed by atoms with Gasteiger partial charge in [0.25, 0.3) is 0 Å². The number of aromatic nitrogens is 1. The highest BCUT2D eigenvalue weighted by Crippen LogP contribution is 2.35. The van der Waals surface area contributed by atoms with Crippen LogP contribution in [0.5, 0.6) is 0 Å². The molecule has 2 aliphatic rings. The molecule has 1 unspecified atom stereocenters. The highest BCUT2D eigenvalue weighted by atomic mass is 35.5. The van der Waals surface area contributed by atoms with Gasteiger partial charge >= 0.3 is 7.12 Å². The first kappa shape index (κ1) is 26.8. The number of nitrogens with zero attached hydrogens (tertiary/aromatic N) is 2. The van der Waals surface area contributed by atoms with Gasteiger partial charge in [-0.05, 0) is 81.5 Å². The zero-order valence-corrected chi connectivity index (χ0v) is 23.4. The molecule has 1 saturated heterocycles. The van der Waals surface area contributed by atoms with Gasteiger partial charge in [0, 0.05) is 29.7 Å². The van der Waals surface area contributed by atoms with Crippen molar-refractivity contribution in [2.45, 2.75) is 52.7 Å². The standard InChI is InChI=1S/C30H30BClFN3O4/c1-16-11-21(29-22(12-16)28(37)17(2)30(40-29)36-9-5-4-6-10-36)18(3)34-24-7-8-25(32)35-27(24)19-13-20-15-39-31(38)26(20)23(33)14-19/h7-8,11-14,18,34,38H,4-6,9-10,15H2,1-3H3. The van der Waals surface area contributed by atoms with Crippen LogP contribution in [0.4, 0.5) is 16.0 Å². The Labute approximate surface area is 237 Å². The Morgan fingerprint density at radius 3 is 2.70 bits per heavy atom. The summed E-state index contributed by atoms with van der Waals surface area (Å²) in [6.45, 7) is 7.62. The van der Waals surface area contributed by atoms with E-state index >= 15 is 0 Å². The molecule has 2 aromatic heterocycles. The third kappa shape index (κ3) is 4.76.